The second-order valence-electron chi connectivity index (χ2n) is 6.45. The third-order valence-electron chi connectivity index (χ3n) is 4.85. The molecule has 1 heterocycles. The summed E-state index contributed by atoms with van der Waals surface area (Å²) >= 11 is 2.02. The molecule has 0 N–H and O–H groups in total. The number of allylic oxidation sites excluding steroid dienone is 3. The van der Waals surface area contributed by atoms with E-state index in [4.69, 9.17) is 0 Å². The third kappa shape index (κ3) is 3.30. The van der Waals surface area contributed by atoms with E-state index in [1.54, 1.807) is 10.5 Å². The predicted octanol–water partition coefficient (Wildman–Crippen LogP) is 6.46. The van der Waals surface area contributed by atoms with Crippen molar-refractivity contribution in [2.24, 2.45) is 5.92 Å². The van der Waals surface area contributed by atoms with Gasteiger partial charge < -0.3 is 0 Å². The zero-order valence-corrected chi connectivity index (χ0v) is 14.2. The van der Waals surface area contributed by atoms with E-state index in [-0.39, 0.29) is 0 Å². The Morgan fingerprint density at radius 2 is 1.52 bits per heavy atom. The van der Waals surface area contributed by atoms with Crippen molar-refractivity contribution in [3.63, 3.8) is 0 Å². The molecule has 0 fully saturated rings. The van der Waals surface area contributed by atoms with Crippen LogP contribution in [0.15, 0.2) is 77.2 Å². The molecule has 23 heavy (non-hydrogen) atoms. The summed E-state index contributed by atoms with van der Waals surface area (Å²) in [5, 5.41) is 0. The fourth-order valence-corrected chi connectivity index (χ4v) is 5.05. The van der Waals surface area contributed by atoms with Gasteiger partial charge in [0.1, 0.15) is 0 Å². The van der Waals surface area contributed by atoms with Gasteiger partial charge in [-0.25, -0.2) is 0 Å². The van der Waals surface area contributed by atoms with E-state index in [0.717, 1.165) is 6.42 Å². The Hall–Kier alpha value is -1.73. The second-order valence-corrected chi connectivity index (χ2v) is 7.59. The summed E-state index contributed by atoms with van der Waals surface area (Å²) in [5.74, 6) is 0.573. The van der Waals surface area contributed by atoms with Crippen LogP contribution in [0.4, 0.5) is 0 Å². The Morgan fingerprint density at radius 1 is 0.826 bits per heavy atom. The van der Waals surface area contributed by atoms with Crippen LogP contribution in [0.5, 0.6) is 0 Å². The molecule has 0 amide bonds. The number of hydrogen-bond acceptors (Lipinski definition) is 1. The first-order chi connectivity index (χ1) is 11.4. The van der Waals surface area contributed by atoms with E-state index < -0.39 is 0 Å². The van der Waals surface area contributed by atoms with E-state index in [9.17, 15) is 0 Å². The zero-order valence-electron chi connectivity index (χ0n) is 13.4. The quantitative estimate of drug-likeness (QED) is 0.625. The number of rotatable bonds is 3. The molecule has 0 unspecified atom stereocenters. The van der Waals surface area contributed by atoms with Crippen LogP contribution in [0.3, 0.4) is 0 Å². The third-order valence-corrected chi connectivity index (χ3v) is 6.15. The molecule has 0 radical (unpaired) electrons. The minimum Gasteiger partial charge on any atom is -0.0943 e. The molecule has 0 spiro atoms. The van der Waals surface area contributed by atoms with Crippen molar-refractivity contribution in [1.29, 1.82) is 0 Å². The summed E-state index contributed by atoms with van der Waals surface area (Å²) in [6.45, 7) is 0. The Labute approximate surface area is 143 Å². The van der Waals surface area contributed by atoms with Crippen LogP contribution in [-0.2, 0) is 6.42 Å². The molecule has 1 atom stereocenters. The fraction of sp³-hybridized carbons (Fsp3) is 0.273. The van der Waals surface area contributed by atoms with Gasteiger partial charge in [-0.05, 0) is 48.1 Å². The lowest BCUT2D eigenvalue weighted by molar-refractivity contribution is 0.613. The van der Waals surface area contributed by atoms with Gasteiger partial charge in [-0.15, -0.1) is 0 Å². The first-order valence-electron chi connectivity index (χ1n) is 8.61. The van der Waals surface area contributed by atoms with Crippen molar-refractivity contribution in [3.8, 4) is 0 Å². The molecular formula is C22H22S. The van der Waals surface area contributed by atoms with Crippen molar-refractivity contribution in [2.45, 2.75) is 32.1 Å². The van der Waals surface area contributed by atoms with Gasteiger partial charge in [-0.1, -0.05) is 84.1 Å². The van der Waals surface area contributed by atoms with E-state index in [2.05, 4.69) is 66.7 Å². The van der Waals surface area contributed by atoms with Crippen LogP contribution in [-0.4, -0.2) is 0 Å². The maximum atomic E-state index is 2.52. The Bertz CT molecular complexity index is 725. The SMILES string of the molecule is C1=C(c2ccccc2)SC2=C(CCCC2)[C@H]1Cc1ccccc1. The van der Waals surface area contributed by atoms with Gasteiger partial charge in [-0.3, -0.25) is 0 Å². The smallest absolute Gasteiger partial charge is 0.0157 e. The topological polar surface area (TPSA) is 0 Å². The van der Waals surface area contributed by atoms with Crippen molar-refractivity contribution >= 4 is 16.7 Å². The minimum absolute atomic E-state index is 0.573. The highest BCUT2D eigenvalue weighted by Crippen LogP contribution is 2.48. The van der Waals surface area contributed by atoms with Crippen LogP contribution in [0.2, 0.25) is 0 Å². The molecule has 4 rings (SSSR count). The molecule has 0 bridgehead atoms. The summed E-state index contributed by atoms with van der Waals surface area (Å²) in [6.07, 6.45) is 8.94. The van der Waals surface area contributed by atoms with Gasteiger partial charge in [0, 0.05) is 10.8 Å². The molecule has 1 aliphatic carbocycles. The van der Waals surface area contributed by atoms with E-state index in [0.29, 0.717) is 5.92 Å². The molecule has 116 valence electrons. The monoisotopic (exact) mass is 318 g/mol. The van der Waals surface area contributed by atoms with Gasteiger partial charge >= 0.3 is 0 Å². The van der Waals surface area contributed by atoms with E-state index >= 15 is 0 Å². The zero-order chi connectivity index (χ0) is 15.5. The minimum atomic E-state index is 0.573. The highest BCUT2D eigenvalue weighted by atomic mass is 32.2. The molecule has 2 aliphatic rings. The Balaban J connectivity index is 1.68. The van der Waals surface area contributed by atoms with Gasteiger partial charge in [0.25, 0.3) is 0 Å². The van der Waals surface area contributed by atoms with Gasteiger partial charge in [0.2, 0.25) is 0 Å². The van der Waals surface area contributed by atoms with E-state index in [1.165, 1.54) is 41.7 Å². The normalized spacial score (nSPS) is 20.9. The maximum absolute atomic E-state index is 2.52. The van der Waals surface area contributed by atoms with Crippen molar-refractivity contribution in [2.75, 3.05) is 0 Å². The van der Waals surface area contributed by atoms with Crippen LogP contribution in [0, 0.1) is 5.92 Å². The molecule has 0 nitrogen and oxygen atoms in total. The van der Waals surface area contributed by atoms with E-state index in [1.807, 2.05) is 11.8 Å². The highest BCUT2D eigenvalue weighted by Gasteiger charge is 2.26. The fourth-order valence-electron chi connectivity index (χ4n) is 3.67. The first-order valence-corrected chi connectivity index (χ1v) is 9.43. The average molecular weight is 318 g/mol. The van der Waals surface area contributed by atoms with Crippen LogP contribution < -0.4 is 0 Å². The van der Waals surface area contributed by atoms with Crippen molar-refractivity contribution in [3.05, 3.63) is 88.3 Å². The lowest BCUT2D eigenvalue weighted by Gasteiger charge is -2.31. The summed E-state index contributed by atoms with van der Waals surface area (Å²) < 4.78 is 0. The Kier molecular flexibility index (Phi) is 4.39. The standard InChI is InChI=1S/C22H22S/c1-3-9-17(10-4-1)15-19-16-22(18-11-5-2-6-12-18)23-21-14-8-7-13-20(19)21/h1-6,9-12,16,19H,7-8,13-15H2/t19-/m0/s1. The predicted molar refractivity (Wildman–Crippen MR) is 101 cm³/mol. The Morgan fingerprint density at radius 3 is 2.30 bits per heavy atom. The molecule has 0 saturated carbocycles. The molecule has 0 aromatic heterocycles. The molecule has 0 saturated heterocycles. The number of thioether (sulfide) groups is 1. The lowest BCUT2D eigenvalue weighted by atomic mass is 9.84. The molecule has 2 aromatic carbocycles. The average Bonchev–Trinajstić information content (AvgIpc) is 2.63. The molecule has 1 heteroatoms. The highest BCUT2D eigenvalue weighted by molar-refractivity contribution is 8.11. The summed E-state index contributed by atoms with van der Waals surface area (Å²) in [4.78, 5) is 3.10. The van der Waals surface area contributed by atoms with Gasteiger partial charge in [-0.2, -0.15) is 0 Å². The number of benzene rings is 2. The van der Waals surface area contributed by atoms with Crippen molar-refractivity contribution < 1.29 is 0 Å². The van der Waals surface area contributed by atoms with Crippen LogP contribution in [0.1, 0.15) is 36.8 Å². The van der Waals surface area contributed by atoms with Gasteiger partial charge in [0.05, 0.1) is 0 Å². The molecule has 2 aromatic rings. The molecular weight excluding hydrogens is 296 g/mol. The van der Waals surface area contributed by atoms with Gasteiger partial charge in [0.15, 0.2) is 0 Å². The maximum Gasteiger partial charge on any atom is 0.0157 e. The van der Waals surface area contributed by atoms with Crippen molar-refractivity contribution in [1.82, 2.24) is 0 Å². The summed E-state index contributed by atoms with van der Waals surface area (Å²) in [5.41, 5.74) is 4.53. The van der Waals surface area contributed by atoms with Crippen LogP contribution in [0.25, 0.3) is 4.91 Å². The first kappa shape index (κ1) is 14.8. The largest absolute Gasteiger partial charge is 0.0943 e. The number of hydrogen-bond donors (Lipinski definition) is 0. The lowest BCUT2D eigenvalue weighted by Crippen LogP contribution is -2.14. The summed E-state index contributed by atoms with van der Waals surface area (Å²) in [7, 11) is 0. The van der Waals surface area contributed by atoms with Crippen LogP contribution >= 0.6 is 11.8 Å². The second kappa shape index (κ2) is 6.80. The molecule has 1 aliphatic heterocycles. The summed E-state index contributed by atoms with van der Waals surface area (Å²) in [6, 6.07) is 21.8.